The highest BCUT2D eigenvalue weighted by Crippen LogP contribution is 2.34. The smallest absolute Gasteiger partial charge is 0.271 e. The van der Waals surface area contributed by atoms with Gasteiger partial charge in [0.2, 0.25) is 6.79 Å². The van der Waals surface area contributed by atoms with Crippen LogP contribution in [0.4, 0.5) is 0 Å². The van der Waals surface area contributed by atoms with Gasteiger partial charge in [0.15, 0.2) is 11.5 Å². The van der Waals surface area contributed by atoms with Gasteiger partial charge < -0.3 is 19.5 Å². The number of carbonyl (C=O) groups excluding carboxylic acids is 1. The number of para-hydroxylation sites is 1. The lowest BCUT2D eigenvalue weighted by Gasteiger charge is -2.09. The third-order valence-corrected chi connectivity index (χ3v) is 4.03. The first-order chi connectivity index (χ1) is 13.7. The van der Waals surface area contributed by atoms with E-state index in [9.17, 15) is 9.59 Å². The number of hydrogen-bond donors (Lipinski definition) is 1. The lowest BCUT2D eigenvalue weighted by Crippen LogP contribution is -2.31. The molecule has 0 saturated heterocycles. The molecule has 0 bridgehead atoms. The predicted octanol–water partition coefficient (Wildman–Crippen LogP) is 1.77. The molecular weight excluding hydrogens is 362 g/mol. The quantitative estimate of drug-likeness (QED) is 0.657. The number of nitrogens with zero attached hydrogens (tertiary/aromatic N) is 2. The molecule has 2 aromatic carbocycles. The zero-order valence-electron chi connectivity index (χ0n) is 14.8. The van der Waals surface area contributed by atoms with Crippen molar-refractivity contribution in [2.45, 2.75) is 0 Å². The highest BCUT2D eigenvalue weighted by atomic mass is 16.7. The molecule has 0 saturated carbocycles. The second kappa shape index (κ2) is 7.83. The summed E-state index contributed by atoms with van der Waals surface area (Å²) in [4.78, 5) is 24.3. The van der Waals surface area contributed by atoms with Crippen LogP contribution >= 0.6 is 0 Å². The van der Waals surface area contributed by atoms with E-state index in [-0.39, 0.29) is 37.1 Å². The van der Waals surface area contributed by atoms with Gasteiger partial charge in [0.1, 0.15) is 18.1 Å². The summed E-state index contributed by atoms with van der Waals surface area (Å²) in [5.74, 6) is 1.54. The molecule has 8 nitrogen and oxygen atoms in total. The molecule has 1 aromatic heterocycles. The average molecular weight is 379 g/mol. The molecule has 0 unspecified atom stereocenters. The van der Waals surface area contributed by atoms with Gasteiger partial charge in [-0.05, 0) is 30.3 Å². The first-order valence-electron chi connectivity index (χ1n) is 8.67. The lowest BCUT2D eigenvalue weighted by atomic mass is 10.3. The third kappa shape index (κ3) is 3.80. The summed E-state index contributed by atoms with van der Waals surface area (Å²) in [6, 6.07) is 16.9. The number of benzene rings is 2. The fourth-order valence-corrected chi connectivity index (χ4v) is 2.68. The number of hydrogen-bond acceptors (Lipinski definition) is 6. The molecule has 0 spiro atoms. The molecule has 1 aliphatic rings. The van der Waals surface area contributed by atoms with E-state index in [1.807, 2.05) is 6.07 Å². The van der Waals surface area contributed by atoms with E-state index in [0.717, 1.165) is 0 Å². The summed E-state index contributed by atoms with van der Waals surface area (Å²) in [7, 11) is 0. The molecule has 142 valence electrons. The van der Waals surface area contributed by atoms with Gasteiger partial charge in [-0.2, -0.15) is 9.78 Å². The Morgan fingerprint density at radius 3 is 2.75 bits per heavy atom. The number of ether oxygens (including phenoxy) is 3. The van der Waals surface area contributed by atoms with Gasteiger partial charge in [0.05, 0.1) is 12.2 Å². The zero-order valence-corrected chi connectivity index (χ0v) is 14.8. The van der Waals surface area contributed by atoms with E-state index in [4.69, 9.17) is 14.2 Å². The Morgan fingerprint density at radius 2 is 1.89 bits per heavy atom. The molecule has 0 fully saturated rings. The van der Waals surface area contributed by atoms with Gasteiger partial charge in [0.25, 0.3) is 11.5 Å². The van der Waals surface area contributed by atoms with Crippen molar-refractivity contribution in [3.63, 3.8) is 0 Å². The molecule has 4 rings (SSSR count). The molecule has 1 N–H and O–H groups in total. The normalized spacial score (nSPS) is 11.9. The van der Waals surface area contributed by atoms with Crippen molar-refractivity contribution >= 4 is 5.91 Å². The summed E-state index contributed by atoms with van der Waals surface area (Å²) in [6.07, 6.45) is 0. The van der Waals surface area contributed by atoms with Crippen LogP contribution in [0.25, 0.3) is 5.69 Å². The third-order valence-electron chi connectivity index (χ3n) is 4.03. The van der Waals surface area contributed by atoms with Crippen molar-refractivity contribution in [1.29, 1.82) is 0 Å². The van der Waals surface area contributed by atoms with E-state index in [0.29, 0.717) is 22.9 Å². The highest BCUT2D eigenvalue weighted by Gasteiger charge is 2.14. The Labute approximate surface area is 160 Å². The van der Waals surface area contributed by atoms with Crippen molar-refractivity contribution in [3.05, 3.63) is 76.7 Å². The predicted molar refractivity (Wildman–Crippen MR) is 100 cm³/mol. The van der Waals surface area contributed by atoms with Crippen LogP contribution in [0.15, 0.2) is 65.5 Å². The minimum atomic E-state index is -0.390. The van der Waals surface area contributed by atoms with E-state index >= 15 is 0 Å². The molecule has 2 heterocycles. The summed E-state index contributed by atoms with van der Waals surface area (Å²) in [5, 5.41) is 6.86. The molecule has 0 aliphatic carbocycles. The van der Waals surface area contributed by atoms with Gasteiger partial charge in [-0.15, -0.1) is 0 Å². The fraction of sp³-hybridized carbons (Fsp3) is 0.150. The van der Waals surface area contributed by atoms with Gasteiger partial charge >= 0.3 is 0 Å². The SMILES string of the molecule is O=C(NCCOc1ccc2c(c1)OCO2)c1ccc(=O)n(-c2ccccc2)n1. The largest absolute Gasteiger partial charge is 0.492 e. The van der Waals surface area contributed by atoms with E-state index in [1.165, 1.54) is 16.8 Å². The van der Waals surface area contributed by atoms with Crippen LogP contribution in [0, 0.1) is 0 Å². The standard InChI is InChI=1S/C20H17N3O5/c24-19-9-7-16(22-23(19)14-4-2-1-3-5-14)20(25)21-10-11-26-15-6-8-17-18(12-15)28-13-27-17/h1-9,12H,10-11,13H2,(H,21,25). The molecule has 3 aromatic rings. The van der Waals surface area contributed by atoms with Crippen molar-refractivity contribution in [2.24, 2.45) is 0 Å². The first kappa shape index (κ1) is 17.6. The Kier molecular flexibility index (Phi) is 4.92. The van der Waals surface area contributed by atoms with Gasteiger partial charge in [-0.1, -0.05) is 18.2 Å². The second-order valence-corrected chi connectivity index (χ2v) is 5.92. The van der Waals surface area contributed by atoms with E-state index < -0.39 is 0 Å². The molecule has 1 aliphatic heterocycles. The summed E-state index contributed by atoms with van der Waals surface area (Å²) in [6.45, 7) is 0.746. The number of aromatic nitrogens is 2. The molecule has 0 radical (unpaired) electrons. The number of carbonyl (C=O) groups is 1. The van der Waals surface area contributed by atoms with Crippen molar-refractivity contribution in [3.8, 4) is 22.9 Å². The Hall–Kier alpha value is -3.81. The summed E-state index contributed by atoms with van der Waals surface area (Å²) >= 11 is 0. The maximum Gasteiger partial charge on any atom is 0.271 e. The van der Waals surface area contributed by atoms with E-state index in [2.05, 4.69) is 10.4 Å². The number of rotatable bonds is 6. The Balaban J connectivity index is 1.35. The monoisotopic (exact) mass is 379 g/mol. The number of amides is 1. The van der Waals surface area contributed by atoms with Gasteiger partial charge in [-0.3, -0.25) is 9.59 Å². The average Bonchev–Trinajstić information content (AvgIpc) is 3.20. The zero-order chi connectivity index (χ0) is 19.3. The van der Waals surface area contributed by atoms with Gasteiger partial charge in [-0.25, -0.2) is 0 Å². The van der Waals surface area contributed by atoms with Crippen LogP contribution in [-0.4, -0.2) is 35.6 Å². The number of nitrogens with one attached hydrogen (secondary N) is 1. The Morgan fingerprint density at radius 1 is 1.07 bits per heavy atom. The van der Waals surface area contributed by atoms with Crippen LogP contribution in [-0.2, 0) is 0 Å². The highest BCUT2D eigenvalue weighted by molar-refractivity contribution is 5.92. The minimum absolute atomic E-state index is 0.145. The minimum Gasteiger partial charge on any atom is -0.492 e. The van der Waals surface area contributed by atoms with Crippen molar-refractivity contribution < 1.29 is 19.0 Å². The second-order valence-electron chi connectivity index (χ2n) is 5.92. The maximum absolute atomic E-state index is 12.3. The van der Waals surface area contributed by atoms with Crippen LogP contribution < -0.4 is 25.1 Å². The molecule has 28 heavy (non-hydrogen) atoms. The molecular formula is C20H17N3O5. The topological polar surface area (TPSA) is 91.7 Å². The summed E-state index contributed by atoms with van der Waals surface area (Å²) < 4.78 is 17.3. The van der Waals surface area contributed by atoms with Crippen LogP contribution in [0.3, 0.4) is 0 Å². The molecule has 0 atom stereocenters. The fourth-order valence-electron chi connectivity index (χ4n) is 2.68. The molecule has 1 amide bonds. The molecule has 8 heteroatoms. The Bertz CT molecular complexity index is 1050. The van der Waals surface area contributed by atoms with Crippen molar-refractivity contribution in [2.75, 3.05) is 19.9 Å². The van der Waals surface area contributed by atoms with Crippen LogP contribution in [0.2, 0.25) is 0 Å². The van der Waals surface area contributed by atoms with Gasteiger partial charge in [0, 0.05) is 12.1 Å². The number of fused-ring (bicyclic) bond motifs is 1. The van der Waals surface area contributed by atoms with Crippen LogP contribution in [0.5, 0.6) is 17.2 Å². The van der Waals surface area contributed by atoms with E-state index in [1.54, 1.807) is 42.5 Å². The van der Waals surface area contributed by atoms with Crippen LogP contribution in [0.1, 0.15) is 10.5 Å². The maximum atomic E-state index is 12.3. The lowest BCUT2D eigenvalue weighted by molar-refractivity contribution is 0.0940. The summed E-state index contributed by atoms with van der Waals surface area (Å²) in [5.41, 5.74) is 0.425. The first-order valence-corrected chi connectivity index (χ1v) is 8.67. The van der Waals surface area contributed by atoms with Crippen molar-refractivity contribution in [1.82, 2.24) is 15.1 Å².